The van der Waals surface area contributed by atoms with Crippen LogP contribution >= 0.6 is 11.5 Å². The highest BCUT2D eigenvalue weighted by atomic mass is 32.2. The Labute approximate surface area is 216 Å². The molecule has 4 aromatic rings. The summed E-state index contributed by atoms with van der Waals surface area (Å²) in [5.74, 6) is 1.10. The maximum Gasteiger partial charge on any atom is 0.245 e. The third-order valence-electron chi connectivity index (χ3n) is 7.60. The van der Waals surface area contributed by atoms with Crippen LogP contribution in [-0.2, 0) is 10.0 Å². The van der Waals surface area contributed by atoms with Gasteiger partial charge in [0.25, 0.3) is 0 Å². The van der Waals surface area contributed by atoms with E-state index in [0.29, 0.717) is 11.4 Å². The molecule has 0 bridgehead atoms. The van der Waals surface area contributed by atoms with Crippen molar-refractivity contribution in [3.63, 3.8) is 0 Å². The first-order valence-corrected chi connectivity index (χ1v) is 15.0. The lowest BCUT2D eigenvalue weighted by Crippen LogP contribution is -2.49. The topological polar surface area (TPSA) is 69.6 Å². The maximum atomic E-state index is 13.8. The number of fused-ring (bicyclic) bond motifs is 2. The molecule has 2 aromatic carbocycles. The number of nitrogens with zero attached hydrogens (tertiary/aromatic N) is 5. The van der Waals surface area contributed by atoms with Gasteiger partial charge in [-0.2, -0.15) is 8.68 Å². The van der Waals surface area contributed by atoms with E-state index in [1.807, 2.05) is 24.3 Å². The fourth-order valence-electron chi connectivity index (χ4n) is 5.62. The van der Waals surface area contributed by atoms with Gasteiger partial charge in [0, 0.05) is 67.3 Å². The van der Waals surface area contributed by atoms with Crippen LogP contribution in [0.1, 0.15) is 25.7 Å². The molecular weight excluding hydrogens is 490 g/mol. The molecule has 1 unspecified atom stereocenters. The van der Waals surface area contributed by atoms with E-state index >= 15 is 0 Å². The van der Waals surface area contributed by atoms with E-state index in [9.17, 15) is 8.42 Å². The molecule has 7 nitrogen and oxygen atoms in total. The monoisotopic (exact) mass is 521 g/mol. The summed E-state index contributed by atoms with van der Waals surface area (Å²) in [6, 6.07) is 16.1. The Morgan fingerprint density at radius 3 is 2.53 bits per heavy atom. The van der Waals surface area contributed by atoms with Crippen molar-refractivity contribution < 1.29 is 8.42 Å². The lowest BCUT2D eigenvalue weighted by molar-refractivity contribution is 0.193. The molecule has 4 heterocycles. The van der Waals surface area contributed by atoms with E-state index in [2.05, 4.69) is 39.0 Å². The van der Waals surface area contributed by atoms with E-state index in [-0.39, 0.29) is 6.04 Å². The molecule has 6 rings (SSSR count). The van der Waals surface area contributed by atoms with Crippen LogP contribution in [-0.4, -0.2) is 72.3 Å². The number of piperazine rings is 1. The Hall–Kier alpha value is -2.59. The van der Waals surface area contributed by atoms with Gasteiger partial charge in [0.2, 0.25) is 10.0 Å². The molecular formula is C27H31N5O2S2. The number of pyridine rings is 1. The number of rotatable bonds is 6. The van der Waals surface area contributed by atoms with E-state index in [0.717, 1.165) is 75.0 Å². The third kappa shape index (κ3) is 4.49. The van der Waals surface area contributed by atoms with E-state index in [1.54, 1.807) is 22.0 Å². The van der Waals surface area contributed by atoms with Crippen LogP contribution in [0, 0.1) is 0 Å². The van der Waals surface area contributed by atoms with Gasteiger partial charge < -0.3 is 4.90 Å². The third-order valence-corrected chi connectivity index (χ3v) is 10.4. The van der Waals surface area contributed by atoms with Crippen molar-refractivity contribution in [1.82, 2.24) is 18.6 Å². The van der Waals surface area contributed by atoms with Crippen molar-refractivity contribution in [2.75, 3.05) is 44.2 Å². The molecule has 36 heavy (non-hydrogen) atoms. The summed E-state index contributed by atoms with van der Waals surface area (Å²) in [5, 5.41) is 2.85. The molecule has 2 aliphatic rings. The molecule has 9 heteroatoms. The smallest absolute Gasteiger partial charge is 0.245 e. The zero-order chi connectivity index (χ0) is 24.5. The first-order valence-electron chi connectivity index (χ1n) is 12.8. The molecule has 0 saturated carbocycles. The number of hydrogen-bond donors (Lipinski definition) is 0. The first kappa shape index (κ1) is 23.8. The molecule has 0 spiro atoms. The molecule has 1 atom stereocenters. The van der Waals surface area contributed by atoms with Crippen LogP contribution in [0.3, 0.4) is 0 Å². The fraction of sp³-hybridized carbons (Fsp3) is 0.407. The summed E-state index contributed by atoms with van der Waals surface area (Å²) in [6.07, 6.45) is 7.02. The summed E-state index contributed by atoms with van der Waals surface area (Å²) in [7, 11) is -3.61. The minimum absolute atomic E-state index is 0.0308. The number of sulfonamides is 1. The molecule has 188 valence electrons. The molecule has 0 N–H and O–H groups in total. The van der Waals surface area contributed by atoms with Crippen molar-refractivity contribution in [2.24, 2.45) is 0 Å². The second-order valence-corrected chi connectivity index (χ2v) is 12.4. The number of hydrogen-bond acceptors (Lipinski definition) is 7. The number of anilines is 1. The summed E-state index contributed by atoms with van der Waals surface area (Å²) in [6.45, 7) is 5.33. The summed E-state index contributed by atoms with van der Waals surface area (Å²) < 4.78 is 35.3. The Bertz CT molecular complexity index is 1460. The Morgan fingerprint density at radius 2 is 1.67 bits per heavy atom. The molecule has 0 radical (unpaired) electrons. The predicted octanol–water partition coefficient (Wildman–Crippen LogP) is 4.60. The Morgan fingerprint density at radius 1 is 0.889 bits per heavy atom. The molecule has 0 aliphatic carbocycles. The van der Waals surface area contributed by atoms with Gasteiger partial charge in [0.1, 0.15) is 10.7 Å². The van der Waals surface area contributed by atoms with Crippen LogP contribution in [0.5, 0.6) is 0 Å². The average Bonchev–Trinajstić information content (AvgIpc) is 3.36. The van der Waals surface area contributed by atoms with Crippen molar-refractivity contribution in [1.29, 1.82) is 0 Å². The summed E-state index contributed by atoms with van der Waals surface area (Å²) in [4.78, 5) is 9.44. The SMILES string of the molecule is O=S(=O)(c1cncc2ccccc12)N1CCCCC1CCN1CCN(c2nsc3ccccc23)CC1. The number of benzene rings is 2. The molecule has 2 saturated heterocycles. The highest BCUT2D eigenvalue weighted by molar-refractivity contribution is 7.89. The average molecular weight is 522 g/mol. The fourth-order valence-corrected chi connectivity index (χ4v) is 8.29. The van der Waals surface area contributed by atoms with Gasteiger partial charge in [0.15, 0.2) is 0 Å². The minimum Gasteiger partial charge on any atom is -0.353 e. The number of aromatic nitrogens is 2. The van der Waals surface area contributed by atoms with Crippen molar-refractivity contribution in [3.05, 3.63) is 60.9 Å². The minimum atomic E-state index is -3.61. The highest BCUT2D eigenvalue weighted by Crippen LogP contribution is 2.32. The second-order valence-electron chi connectivity index (χ2n) is 9.74. The van der Waals surface area contributed by atoms with Crippen LogP contribution in [0.25, 0.3) is 20.9 Å². The number of piperidine rings is 1. The molecule has 2 fully saturated rings. The predicted molar refractivity (Wildman–Crippen MR) is 146 cm³/mol. The second kappa shape index (κ2) is 10.0. The molecule has 2 aliphatic heterocycles. The van der Waals surface area contributed by atoms with Crippen LogP contribution < -0.4 is 4.90 Å². The van der Waals surface area contributed by atoms with Gasteiger partial charge in [-0.25, -0.2) is 8.42 Å². The standard InChI is InChI=1S/C27H31N5O2S2/c33-36(34,26-20-28-19-21-7-1-2-9-23(21)26)32-13-6-5-8-22(32)12-14-30-15-17-31(18-16-30)27-24-10-3-4-11-25(24)35-29-27/h1-4,7,9-11,19-20,22H,5-6,8,12-18H2. The van der Waals surface area contributed by atoms with Gasteiger partial charge in [-0.05, 0) is 49.5 Å². The zero-order valence-electron chi connectivity index (χ0n) is 20.3. The van der Waals surface area contributed by atoms with Crippen molar-refractivity contribution >= 4 is 48.2 Å². The molecule has 2 aromatic heterocycles. The van der Waals surface area contributed by atoms with Crippen LogP contribution in [0.15, 0.2) is 65.8 Å². The zero-order valence-corrected chi connectivity index (χ0v) is 21.9. The van der Waals surface area contributed by atoms with Crippen molar-refractivity contribution in [2.45, 2.75) is 36.6 Å². The van der Waals surface area contributed by atoms with Gasteiger partial charge in [0.05, 0.1) is 4.70 Å². The first-order chi connectivity index (χ1) is 17.6. The van der Waals surface area contributed by atoms with E-state index in [4.69, 9.17) is 4.37 Å². The maximum absolute atomic E-state index is 13.8. The Kier molecular flexibility index (Phi) is 6.64. The van der Waals surface area contributed by atoms with Gasteiger partial charge in [-0.15, -0.1) is 0 Å². The lowest BCUT2D eigenvalue weighted by atomic mass is 10.0. The summed E-state index contributed by atoms with van der Waals surface area (Å²) >= 11 is 1.57. The highest BCUT2D eigenvalue weighted by Gasteiger charge is 2.35. The Balaban J connectivity index is 1.12. The molecule has 0 amide bonds. The van der Waals surface area contributed by atoms with E-state index in [1.165, 1.54) is 16.3 Å². The van der Waals surface area contributed by atoms with Crippen LogP contribution in [0.4, 0.5) is 5.82 Å². The van der Waals surface area contributed by atoms with Crippen molar-refractivity contribution in [3.8, 4) is 0 Å². The lowest BCUT2D eigenvalue weighted by Gasteiger charge is -2.38. The quantitative estimate of drug-likeness (QED) is 0.369. The van der Waals surface area contributed by atoms with Gasteiger partial charge in [-0.3, -0.25) is 9.88 Å². The normalized spacial score (nSPS) is 20.3. The van der Waals surface area contributed by atoms with Crippen LogP contribution in [0.2, 0.25) is 0 Å². The largest absolute Gasteiger partial charge is 0.353 e. The summed E-state index contributed by atoms with van der Waals surface area (Å²) in [5.41, 5.74) is 0. The van der Waals surface area contributed by atoms with Gasteiger partial charge >= 0.3 is 0 Å². The van der Waals surface area contributed by atoms with E-state index < -0.39 is 10.0 Å². The van der Waals surface area contributed by atoms with Gasteiger partial charge in [-0.1, -0.05) is 42.8 Å².